The van der Waals surface area contributed by atoms with Crippen LogP contribution in [-0.2, 0) is 17.1 Å². The van der Waals surface area contributed by atoms with Crippen molar-refractivity contribution in [1.82, 2.24) is 4.57 Å². The summed E-state index contributed by atoms with van der Waals surface area (Å²) in [5.41, 5.74) is 4.70. The van der Waals surface area contributed by atoms with Crippen molar-refractivity contribution in [2.24, 2.45) is 17.2 Å². The molecule has 1 heterocycles. The molecular formula is C20H24BrN3O2S2. The Morgan fingerprint density at radius 1 is 1.11 bits per heavy atom. The van der Waals surface area contributed by atoms with E-state index in [0.717, 1.165) is 27.3 Å². The van der Waals surface area contributed by atoms with E-state index in [-0.39, 0.29) is 21.9 Å². The Balaban J connectivity index is 0.00000280. The molecule has 0 unspecified atom stereocenters. The number of rotatable bonds is 4. The first kappa shape index (κ1) is 22.5. The fraction of sp³-hybridized carbons (Fsp3) is 0.250. The average molecular weight is 482 g/mol. The van der Waals surface area contributed by atoms with Crippen LogP contribution in [0.15, 0.2) is 57.7 Å². The minimum absolute atomic E-state index is 0. The largest absolute Gasteiger partial charge is 0.320 e. The molecule has 0 aliphatic rings. The number of hydrogen-bond acceptors (Lipinski definition) is 4. The number of hydrogen-bond donors (Lipinski definition) is 1. The van der Waals surface area contributed by atoms with E-state index in [9.17, 15) is 8.42 Å². The minimum Gasteiger partial charge on any atom is -0.320 e. The fourth-order valence-electron chi connectivity index (χ4n) is 2.84. The third-order valence-electron chi connectivity index (χ3n) is 4.38. The Kier molecular flexibility index (Phi) is 7.03. The molecule has 28 heavy (non-hydrogen) atoms. The molecule has 2 aromatic carbocycles. The Bertz CT molecular complexity index is 1140. The van der Waals surface area contributed by atoms with Gasteiger partial charge in [-0.25, -0.2) is 18.5 Å². The second-order valence-corrected chi connectivity index (χ2v) is 9.30. The van der Waals surface area contributed by atoms with Gasteiger partial charge in [0.05, 0.1) is 16.3 Å². The van der Waals surface area contributed by atoms with Gasteiger partial charge >= 0.3 is 0 Å². The van der Waals surface area contributed by atoms with E-state index in [0.29, 0.717) is 5.92 Å². The zero-order valence-corrected chi connectivity index (χ0v) is 19.6. The third kappa shape index (κ3) is 5.00. The average Bonchev–Trinajstić information content (AvgIpc) is 2.95. The van der Waals surface area contributed by atoms with Crippen LogP contribution in [0.5, 0.6) is 0 Å². The Morgan fingerprint density at radius 3 is 2.32 bits per heavy atom. The summed E-state index contributed by atoms with van der Waals surface area (Å²) < 4.78 is 25.4. The number of primary sulfonamides is 1. The Labute approximate surface area is 180 Å². The van der Waals surface area contributed by atoms with Crippen LogP contribution >= 0.6 is 28.3 Å². The van der Waals surface area contributed by atoms with Gasteiger partial charge in [-0.2, -0.15) is 0 Å². The van der Waals surface area contributed by atoms with Crippen molar-refractivity contribution in [2.45, 2.75) is 31.6 Å². The van der Waals surface area contributed by atoms with Gasteiger partial charge in [-0.3, -0.25) is 0 Å². The van der Waals surface area contributed by atoms with Crippen LogP contribution in [0.3, 0.4) is 0 Å². The first-order valence-electron chi connectivity index (χ1n) is 8.59. The lowest BCUT2D eigenvalue weighted by atomic mass is 10.0. The van der Waals surface area contributed by atoms with Gasteiger partial charge in [0.1, 0.15) is 0 Å². The summed E-state index contributed by atoms with van der Waals surface area (Å²) in [6, 6.07) is 13.3. The van der Waals surface area contributed by atoms with Crippen LogP contribution in [0, 0.1) is 6.92 Å². The van der Waals surface area contributed by atoms with Crippen LogP contribution in [-0.4, -0.2) is 13.0 Å². The number of benzene rings is 2. The first-order chi connectivity index (χ1) is 12.6. The molecule has 1 aromatic heterocycles. The van der Waals surface area contributed by atoms with E-state index in [1.165, 1.54) is 16.9 Å². The minimum atomic E-state index is -3.75. The molecule has 2 N–H and O–H groups in total. The van der Waals surface area contributed by atoms with Crippen LogP contribution in [0.4, 0.5) is 5.69 Å². The maximum atomic E-state index is 11.7. The van der Waals surface area contributed by atoms with Gasteiger partial charge in [0.15, 0.2) is 4.80 Å². The molecule has 0 saturated heterocycles. The molecular weight excluding hydrogens is 458 g/mol. The number of nitrogens with zero attached hydrogens (tertiary/aromatic N) is 2. The van der Waals surface area contributed by atoms with Crippen molar-refractivity contribution in [1.29, 1.82) is 0 Å². The molecule has 0 aliphatic carbocycles. The molecule has 0 atom stereocenters. The number of nitrogens with two attached hydrogens (primary N) is 1. The van der Waals surface area contributed by atoms with Gasteiger partial charge in [0.25, 0.3) is 0 Å². The van der Waals surface area contributed by atoms with Crippen molar-refractivity contribution in [3.05, 3.63) is 63.8 Å². The number of aryl methyl sites for hydroxylation is 1. The molecule has 0 bridgehead atoms. The lowest BCUT2D eigenvalue weighted by Gasteiger charge is -2.07. The topological polar surface area (TPSA) is 77.5 Å². The summed E-state index contributed by atoms with van der Waals surface area (Å²) in [6.07, 6.45) is 0. The summed E-state index contributed by atoms with van der Waals surface area (Å²) >= 11 is 1.51. The molecule has 0 fully saturated rings. The number of halogens is 1. The molecule has 0 saturated carbocycles. The zero-order valence-electron chi connectivity index (χ0n) is 16.2. The van der Waals surface area contributed by atoms with Crippen LogP contribution in [0.25, 0.3) is 11.3 Å². The molecule has 0 spiro atoms. The van der Waals surface area contributed by atoms with Crippen molar-refractivity contribution in [3.8, 4) is 11.3 Å². The monoisotopic (exact) mass is 481 g/mol. The van der Waals surface area contributed by atoms with Crippen molar-refractivity contribution in [3.63, 3.8) is 0 Å². The van der Waals surface area contributed by atoms with E-state index in [2.05, 4.69) is 26.0 Å². The van der Waals surface area contributed by atoms with Crippen molar-refractivity contribution < 1.29 is 8.42 Å². The highest BCUT2D eigenvalue weighted by Gasteiger charge is 2.13. The van der Waals surface area contributed by atoms with E-state index in [4.69, 9.17) is 10.1 Å². The number of thiazole rings is 1. The summed E-state index contributed by atoms with van der Waals surface area (Å²) in [7, 11) is -1.83. The van der Waals surface area contributed by atoms with E-state index < -0.39 is 10.0 Å². The van der Waals surface area contributed by atoms with Crippen molar-refractivity contribution >= 4 is 44.0 Å². The normalized spacial score (nSPS) is 12.3. The fourth-order valence-corrected chi connectivity index (χ4v) is 4.40. The molecule has 0 amide bonds. The predicted molar refractivity (Wildman–Crippen MR) is 121 cm³/mol. The standard InChI is InChI=1S/C20H23N3O2S2.BrH/c1-13(2)15-5-7-17(8-6-15)22-20-23(4)19(12-26-20)16-9-14(3)10-18(11-16)27(21,24)25;/h5-13H,1-4H3,(H2,21,24,25);1H/b22-20+;. The molecule has 0 radical (unpaired) electrons. The van der Waals surface area contributed by atoms with Crippen LogP contribution in [0.2, 0.25) is 0 Å². The van der Waals surface area contributed by atoms with Crippen LogP contribution < -0.4 is 9.94 Å². The maximum Gasteiger partial charge on any atom is 0.238 e. The SMILES string of the molecule is Br.Cc1cc(-c2cs/c(=N/c3ccc(C(C)C)cc3)n2C)cc(S(N)(=O)=O)c1. The van der Waals surface area contributed by atoms with Gasteiger partial charge < -0.3 is 4.57 Å². The second kappa shape index (κ2) is 8.73. The summed E-state index contributed by atoms with van der Waals surface area (Å²) in [5.74, 6) is 0.484. The lowest BCUT2D eigenvalue weighted by molar-refractivity contribution is 0.597. The molecule has 150 valence electrons. The molecule has 5 nitrogen and oxygen atoms in total. The van der Waals surface area contributed by atoms with Gasteiger partial charge in [0.2, 0.25) is 10.0 Å². The zero-order chi connectivity index (χ0) is 19.8. The second-order valence-electron chi connectivity index (χ2n) is 6.90. The summed E-state index contributed by atoms with van der Waals surface area (Å²) in [4.78, 5) is 5.67. The predicted octanol–water partition coefficient (Wildman–Crippen LogP) is 4.64. The summed E-state index contributed by atoms with van der Waals surface area (Å²) in [5, 5.41) is 7.28. The van der Waals surface area contributed by atoms with Gasteiger partial charge in [-0.15, -0.1) is 28.3 Å². The van der Waals surface area contributed by atoms with Gasteiger partial charge in [-0.1, -0.05) is 26.0 Å². The van der Waals surface area contributed by atoms with Crippen molar-refractivity contribution in [2.75, 3.05) is 0 Å². The third-order valence-corrected chi connectivity index (χ3v) is 6.19. The Hall–Kier alpha value is -1.74. The summed E-state index contributed by atoms with van der Waals surface area (Å²) in [6.45, 7) is 6.18. The number of sulfonamides is 1. The van der Waals surface area contributed by atoms with E-state index in [1.54, 1.807) is 12.1 Å². The molecule has 3 aromatic rings. The Morgan fingerprint density at radius 2 is 1.75 bits per heavy atom. The molecule has 3 rings (SSSR count). The van der Waals surface area contributed by atoms with Gasteiger partial charge in [0, 0.05) is 18.0 Å². The highest BCUT2D eigenvalue weighted by molar-refractivity contribution is 8.93. The molecule has 8 heteroatoms. The van der Waals surface area contributed by atoms with E-state index >= 15 is 0 Å². The van der Waals surface area contributed by atoms with E-state index in [1.807, 2.05) is 42.1 Å². The number of aromatic nitrogens is 1. The smallest absolute Gasteiger partial charge is 0.238 e. The molecule has 0 aliphatic heterocycles. The maximum absolute atomic E-state index is 11.7. The quantitative estimate of drug-likeness (QED) is 0.588. The highest BCUT2D eigenvalue weighted by Crippen LogP contribution is 2.25. The first-order valence-corrected chi connectivity index (χ1v) is 11.0. The lowest BCUT2D eigenvalue weighted by Crippen LogP contribution is -2.13. The van der Waals surface area contributed by atoms with Crippen LogP contribution in [0.1, 0.15) is 30.9 Å². The van der Waals surface area contributed by atoms with Gasteiger partial charge in [-0.05, 0) is 54.3 Å². The highest BCUT2D eigenvalue weighted by atomic mass is 79.9.